The SMILES string of the molecule is Cn1nccc1C1CCCCC1Oc1cc(F)c(S(=O)(=O)Nc2cscn2)cc1Cl. The van der Waals surface area contributed by atoms with E-state index in [4.69, 9.17) is 16.3 Å². The van der Waals surface area contributed by atoms with E-state index in [1.165, 1.54) is 22.2 Å². The molecule has 2 heterocycles. The summed E-state index contributed by atoms with van der Waals surface area (Å²) >= 11 is 7.52. The van der Waals surface area contributed by atoms with Gasteiger partial charge >= 0.3 is 0 Å². The Hall–Kier alpha value is -2.17. The first kappa shape index (κ1) is 21.1. The van der Waals surface area contributed by atoms with Crippen molar-refractivity contribution in [3.8, 4) is 5.75 Å². The van der Waals surface area contributed by atoms with E-state index in [9.17, 15) is 12.8 Å². The van der Waals surface area contributed by atoms with Crippen LogP contribution in [0.25, 0.3) is 0 Å². The average molecular weight is 471 g/mol. The predicted octanol–water partition coefficient (Wildman–Crippen LogP) is 4.58. The third kappa shape index (κ3) is 4.30. The van der Waals surface area contributed by atoms with Gasteiger partial charge < -0.3 is 4.74 Å². The maximum Gasteiger partial charge on any atom is 0.266 e. The number of ether oxygens (including phenoxy) is 1. The van der Waals surface area contributed by atoms with Crippen LogP contribution in [0.3, 0.4) is 0 Å². The molecule has 1 aliphatic rings. The van der Waals surface area contributed by atoms with E-state index >= 15 is 0 Å². The number of anilines is 1. The second kappa shape index (κ2) is 8.52. The van der Waals surface area contributed by atoms with Gasteiger partial charge in [-0.3, -0.25) is 9.40 Å². The summed E-state index contributed by atoms with van der Waals surface area (Å²) < 4.78 is 49.9. The largest absolute Gasteiger partial charge is 0.488 e. The topological polar surface area (TPSA) is 86.1 Å². The highest BCUT2D eigenvalue weighted by molar-refractivity contribution is 7.92. The summed E-state index contributed by atoms with van der Waals surface area (Å²) in [6, 6.07) is 4.06. The summed E-state index contributed by atoms with van der Waals surface area (Å²) in [4.78, 5) is 3.30. The van der Waals surface area contributed by atoms with Crippen LogP contribution in [0.4, 0.5) is 10.2 Å². The number of hydrogen-bond acceptors (Lipinski definition) is 6. The maximum atomic E-state index is 14.8. The molecule has 3 aromatic rings. The lowest BCUT2D eigenvalue weighted by Gasteiger charge is -2.32. The van der Waals surface area contributed by atoms with Gasteiger partial charge in [-0.05, 0) is 31.4 Å². The number of sulfonamides is 1. The molecule has 1 aromatic carbocycles. The van der Waals surface area contributed by atoms with Gasteiger partial charge in [-0.1, -0.05) is 18.0 Å². The molecular formula is C19H20ClFN4O3S2. The molecule has 0 aliphatic heterocycles. The highest BCUT2D eigenvalue weighted by Crippen LogP contribution is 2.38. The molecule has 0 bridgehead atoms. The van der Waals surface area contributed by atoms with Gasteiger partial charge in [0.15, 0.2) is 5.82 Å². The van der Waals surface area contributed by atoms with E-state index in [-0.39, 0.29) is 28.6 Å². The lowest BCUT2D eigenvalue weighted by molar-refractivity contribution is 0.126. The van der Waals surface area contributed by atoms with Gasteiger partial charge in [-0.25, -0.2) is 17.8 Å². The molecule has 0 saturated heterocycles. The van der Waals surface area contributed by atoms with Crippen molar-refractivity contribution in [3.05, 3.63) is 51.8 Å². The fraction of sp³-hybridized carbons (Fsp3) is 0.368. The number of nitrogens with one attached hydrogen (secondary N) is 1. The molecule has 1 saturated carbocycles. The monoisotopic (exact) mass is 470 g/mol. The second-order valence-corrected chi connectivity index (χ2v) is 9.90. The molecule has 4 rings (SSSR count). The van der Waals surface area contributed by atoms with Crippen molar-refractivity contribution in [2.75, 3.05) is 4.72 Å². The molecule has 2 aromatic heterocycles. The van der Waals surface area contributed by atoms with Crippen molar-refractivity contribution in [1.82, 2.24) is 14.8 Å². The van der Waals surface area contributed by atoms with E-state index in [1.807, 2.05) is 17.8 Å². The molecule has 0 amide bonds. The fourth-order valence-corrected chi connectivity index (χ4v) is 5.67. The van der Waals surface area contributed by atoms with E-state index in [2.05, 4.69) is 14.8 Å². The normalized spacial score (nSPS) is 19.6. The van der Waals surface area contributed by atoms with Gasteiger partial charge in [0, 0.05) is 36.3 Å². The molecule has 1 aliphatic carbocycles. The molecule has 1 N–H and O–H groups in total. The number of benzene rings is 1. The van der Waals surface area contributed by atoms with Crippen molar-refractivity contribution in [2.24, 2.45) is 7.05 Å². The first-order valence-electron chi connectivity index (χ1n) is 9.40. The van der Waals surface area contributed by atoms with Crippen LogP contribution in [-0.4, -0.2) is 29.3 Å². The number of thiazole rings is 1. The summed E-state index contributed by atoms with van der Waals surface area (Å²) in [7, 11) is -2.29. The Morgan fingerprint density at radius 1 is 1.33 bits per heavy atom. The van der Waals surface area contributed by atoms with E-state index in [0.29, 0.717) is 0 Å². The molecule has 1 fully saturated rings. The van der Waals surface area contributed by atoms with Crippen LogP contribution in [-0.2, 0) is 17.1 Å². The summed E-state index contributed by atoms with van der Waals surface area (Å²) in [5.41, 5.74) is 2.52. The molecule has 7 nitrogen and oxygen atoms in total. The Morgan fingerprint density at radius 3 is 2.83 bits per heavy atom. The Kier molecular flexibility index (Phi) is 5.99. The number of nitrogens with zero attached hydrogens (tertiary/aromatic N) is 3. The van der Waals surface area contributed by atoms with E-state index in [0.717, 1.165) is 43.5 Å². The van der Waals surface area contributed by atoms with Gasteiger partial charge in [-0.15, -0.1) is 11.3 Å². The van der Waals surface area contributed by atoms with Crippen molar-refractivity contribution >= 4 is 38.8 Å². The summed E-state index contributed by atoms with van der Waals surface area (Å²) in [6.45, 7) is 0. The van der Waals surface area contributed by atoms with Crippen LogP contribution in [0.15, 0.2) is 40.2 Å². The third-order valence-corrected chi connectivity index (χ3v) is 7.42. The minimum atomic E-state index is -4.17. The molecular weight excluding hydrogens is 451 g/mol. The van der Waals surface area contributed by atoms with E-state index in [1.54, 1.807) is 6.20 Å². The van der Waals surface area contributed by atoms with E-state index < -0.39 is 20.7 Å². The smallest absolute Gasteiger partial charge is 0.266 e. The molecule has 2 unspecified atom stereocenters. The lowest BCUT2D eigenvalue weighted by atomic mass is 9.84. The number of halogens is 2. The zero-order valence-electron chi connectivity index (χ0n) is 16.1. The Labute approximate surface area is 182 Å². The highest BCUT2D eigenvalue weighted by Gasteiger charge is 2.31. The average Bonchev–Trinajstić information content (AvgIpc) is 3.36. The maximum absolute atomic E-state index is 14.8. The summed E-state index contributed by atoms with van der Waals surface area (Å²) in [6.07, 6.45) is 5.30. The zero-order chi connectivity index (χ0) is 21.3. The van der Waals surface area contributed by atoms with Crippen LogP contribution < -0.4 is 9.46 Å². The summed E-state index contributed by atoms with van der Waals surface area (Å²) in [5, 5.41) is 5.77. The quantitative estimate of drug-likeness (QED) is 0.570. The fourth-order valence-electron chi connectivity index (χ4n) is 3.75. The molecule has 0 radical (unpaired) electrons. The molecule has 2 atom stereocenters. The van der Waals surface area contributed by atoms with Crippen molar-refractivity contribution in [2.45, 2.75) is 42.6 Å². The lowest BCUT2D eigenvalue weighted by Crippen LogP contribution is -2.30. The third-order valence-electron chi connectivity index (χ3n) is 5.17. The van der Waals surface area contributed by atoms with Crippen LogP contribution in [0.1, 0.15) is 37.3 Å². The zero-order valence-corrected chi connectivity index (χ0v) is 18.5. The second-order valence-electron chi connectivity index (χ2n) is 7.12. The standard InChI is InChI=1S/C19H20ClFN4O3S2/c1-25-15(6-7-23-25)12-4-2-3-5-16(12)28-17-9-14(21)18(8-13(17)20)30(26,27)24-19-10-29-11-22-19/h6-12,16,24H,2-5H2,1H3. The molecule has 11 heteroatoms. The van der Waals surface area contributed by atoms with Gasteiger partial charge in [0.2, 0.25) is 0 Å². The van der Waals surface area contributed by atoms with Gasteiger partial charge in [0.1, 0.15) is 22.6 Å². The highest BCUT2D eigenvalue weighted by atomic mass is 35.5. The first-order valence-corrected chi connectivity index (χ1v) is 12.2. The van der Waals surface area contributed by atoms with Crippen molar-refractivity contribution in [3.63, 3.8) is 0 Å². The van der Waals surface area contributed by atoms with Gasteiger partial charge in [0.05, 0.1) is 10.5 Å². The summed E-state index contributed by atoms with van der Waals surface area (Å²) in [5.74, 6) is -0.594. The molecule has 30 heavy (non-hydrogen) atoms. The Morgan fingerprint density at radius 2 is 2.13 bits per heavy atom. The number of aryl methyl sites for hydroxylation is 1. The molecule has 160 valence electrons. The first-order chi connectivity index (χ1) is 14.3. The van der Waals surface area contributed by atoms with Gasteiger partial charge in [-0.2, -0.15) is 5.10 Å². The number of aromatic nitrogens is 3. The van der Waals surface area contributed by atoms with Crippen LogP contribution in [0.2, 0.25) is 5.02 Å². The van der Waals surface area contributed by atoms with Crippen LogP contribution >= 0.6 is 22.9 Å². The van der Waals surface area contributed by atoms with Crippen molar-refractivity contribution in [1.29, 1.82) is 0 Å². The van der Waals surface area contributed by atoms with Crippen LogP contribution in [0.5, 0.6) is 5.75 Å². The molecule has 0 spiro atoms. The number of hydrogen-bond donors (Lipinski definition) is 1. The predicted molar refractivity (Wildman–Crippen MR) is 113 cm³/mol. The van der Waals surface area contributed by atoms with Crippen molar-refractivity contribution < 1.29 is 17.5 Å². The Bertz CT molecular complexity index is 1130. The van der Waals surface area contributed by atoms with Crippen LogP contribution in [0, 0.1) is 5.82 Å². The van der Waals surface area contributed by atoms with Gasteiger partial charge in [0.25, 0.3) is 10.0 Å². The minimum absolute atomic E-state index is 0.0318. The number of rotatable bonds is 6. The Balaban J connectivity index is 1.59. The minimum Gasteiger partial charge on any atom is -0.488 e.